The van der Waals surface area contributed by atoms with Gasteiger partial charge in [-0.25, -0.2) is 14.8 Å². The zero-order valence-corrected chi connectivity index (χ0v) is 19.7. The van der Waals surface area contributed by atoms with Crippen molar-refractivity contribution < 1.29 is 18.7 Å². The van der Waals surface area contributed by atoms with Gasteiger partial charge in [0.05, 0.1) is 29.5 Å². The lowest BCUT2D eigenvalue weighted by Gasteiger charge is -2.08. The predicted molar refractivity (Wildman–Crippen MR) is 134 cm³/mol. The lowest BCUT2D eigenvalue weighted by atomic mass is 10.1. The van der Waals surface area contributed by atoms with Crippen molar-refractivity contribution in [2.45, 2.75) is 20.0 Å². The standard InChI is InChI=1S/C27H21N3O4S/c1-17-8-10-18(11-9-17)28-25(31)14-26-29-19(16-35-26)15-34-27(32)21-13-23(24-7-4-12-33-24)30-22-6-3-2-5-20(21)22/h2-13,16H,14-15H2,1H3,(H,28,31). The minimum Gasteiger partial charge on any atom is -0.463 e. The molecule has 5 rings (SSSR count). The van der Waals surface area contributed by atoms with Crippen LogP contribution in [0.15, 0.2) is 82.8 Å². The number of rotatable bonds is 7. The summed E-state index contributed by atoms with van der Waals surface area (Å²) in [6.45, 7) is 1.99. The molecule has 0 aliphatic rings. The van der Waals surface area contributed by atoms with Crippen molar-refractivity contribution in [3.63, 3.8) is 0 Å². The smallest absolute Gasteiger partial charge is 0.339 e. The molecule has 0 aliphatic carbocycles. The average Bonchev–Trinajstić information content (AvgIpc) is 3.56. The normalized spacial score (nSPS) is 10.9. The van der Waals surface area contributed by atoms with Crippen molar-refractivity contribution in [1.82, 2.24) is 9.97 Å². The molecule has 0 saturated heterocycles. The highest BCUT2D eigenvalue weighted by atomic mass is 32.1. The number of furan rings is 1. The molecule has 8 heteroatoms. The van der Waals surface area contributed by atoms with E-state index in [0.29, 0.717) is 38.6 Å². The second-order valence-corrected chi connectivity index (χ2v) is 8.89. The van der Waals surface area contributed by atoms with E-state index in [9.17, 15) is 9.59 Å². The molecule has 35 heavy (non-hydrogen) atoms. The Morgan fingerprint density at radius 2 is 1.86 bits per heavy atom. The number of aryl methyl sites for hydroxylation is 1. The molecule has 174 valence electrons. The van der Waals surface area contributed by atoms with Gasteiger partial charge in [0.1, 0.15) is 17.3 Å². The number of esters is 1. The van der Waals surface area contributed by atoms with Gasteiger partial charge in [-0.05, 0) is 43.3 Å². The minimum absolute atomic E-state index is 0.00164. The number of ether oxygens (including phenoxy) is 1. The number of hydrogen-bond donors (Lipinski definition) is 1. The molecule has 0 fully saturated rings. The molecule has 0 bridgehead atoms. The van der Waals surface area contributed by atoms with Crippen molar-refractivity contribution in [1.29, 1.82) is 0 Å². The highest BCUT2D eigenvalue weighted by Crippen LogP contribution is 2.26. The number of nitrogens with one attached hydrogen (secondary N) is 1. The molecule has 0 radical (unpaired) electrons. The van der Waals surface area contributed by atoms with E-state index in [1.807, 2.05) is 55.5 Å². The zero-order chi connectivity index (χ0) is 24.2. The van der Waals surface area contributed by atoms with Crippen LogP contribution in [-0.2, 0) is 22.6 Å². The first kappa shape index (κ1) is 22.5. The van der Waals surface area contributed by atoms with Gasteiger partial charge in [-0.3, -0.25) is 4.79 Å². The van der Waals surface area contributed by atoms with E-state index in [1.165, 1.54) is 11.3 Å². The fourth-order valence-corrected chi connectivity index (χ4v) is 4.37. The molecule has 1 amide bonds. The highest BCUT2D eigenvalue weighted by molar-refractivity contribution is 7.09. The van der Waals surface area contributed by atoms with Crippen molar-refractivity contribution >= 4 is 39.8 Å². The molecule has 2 aromatic carbocycles. The largest absolute Gasteiger partial charge is 0.463 e. The fourth-order valence-electron chi connectivity index (χ4n) is 3.59. The van der Waals surface area contributed by atoms with Gasteiger partial charge in [0.15, 0.2) is 5.76 Å². The summed E-state index contributed by atoms with van der Waals surface area (Å²) in [7, 11) is 0. The van der Waals surface area contributed by atoms with Crippen LogP contribution in [-0.4, -0.2) is 21.8 Å². The summed E-state index contributed by atoms with van der Waals surface area (Å²) in [5, 5.41) is 6.00. The third-order valence-corrected chi connectivity index (χ3v) is 6.20. The maximum atomic E-state index is 13.0. The summed E-state index contributed by atoms with van der Waals surface area (Å²) in [5.74, 6) is -0.0682. The van der Waals surface area contributed by atoms with E-state index in [2.05, 4.69) is 15.3 Å². The van der Waals surface area contributed by atoms with Crippen molar-refractivity contribution in [3.05, 3.63) is 100 Å². The third-order valence-electron chi connectivity index (χ3n) is 5.31. The Morgan fingerprint density at radius 3 is 2.66 bits per heavy atom. The molecule has 0 unspecified atom stereocenters. The Hall–Kier alpha value is -4.30. The van der Waals surface area contributed by atoms with Crippen LogP contribution < -0.4 is 5.32 Å². The van der Waals surface area contributed by atoms with Crippen LogP contribution in [0.5, 0.6) is 0 Å². The molecule has 1 N–H and O–H groups in total. The van der Waals surface area contributed by atoms with Gasteiger partial charge in [-0.1, -0.05) is 35.9 Å². The predicted octanol–water partition coefficient (Wildman–Crippen LogP) is 5.80. The first-order valence-electron chi connectivity index (χ1n) is 11.0. The van der Waals surface area contributed by atoms with Crippen LogP contribution in [0.25, 0.3) is 22.4 Å². The Kier molecular flexibility index (Phi) is 6.36. The summed E-state index contributed by atoms with van der Waals surface area (Å²) in [6.07, 6.45) is 1.71. The first-order chi connectivity index (χ1) is 17.0. The number of carbonyl (C=O) groups is 2. The van der Waals surface area contributed by atoms with E-state index in [1.54, 1.807) is 29.8 Å². The SMILES string of the molecule is Cc1ccc(NC(=O)Cc2nc(COC(=O)c3cc(-c4ccco4)nc4ccccc34)cs2)cc1. The Morgan fingerprint density at radius 1 is 1.03 bits per heavy atom. The maximum absolute atomic E-state index is 13.0. The minimum atomic E-state index is -0.483. The Balaban J connectivity index is 1.25. The molecule has 0 saturated carbocycles. The third kappa shape index (κ3) is 5.28. The molecular weight excluding hydrogens is 462 g/mol. The summed E-state index contributed by atoms with van der Waals surface area (Å²) < 4.78 is 11.0. The Labute approximate surface area is 205 Å². The molecule has 3 heterocycles. The summed E-state index contributed by atoms with van der Waals surface area (Å²) in [6, 6.07) is 20.2. The van der Waals surface area contributed by atoms with Crippen LogP contribution in [0.4, 0.5) is 5.69 Å². The maximum Gasteiger partial charge on any atom is 0.339 e. The number of para-hydroxylation sites is 1. The van der Waals surface area contributed by atoms with Gasteiger partial charge in [0, 0.05) is 16.5 Å². The van der Waals surface area contributed by atoms with Gasteiger partial charge in [-0.15, -0.1) is 11.3 Å². The van der Waals surface area contributed by atoms with Crippen LogP contribution in [0.2, 0.25) is 0 Å². The van der Waals surface area contributed by atoms with Gasteiger partial charge in [-0.2, -0.15) is 0 Å². The molecular formula is C27H21N3O4S. The van der Waals surface area contributed by atoms with Crippen molar-refractivity contribution in [3.8, 4) is 11.5 Å². The summed E-state index contributed by atoms with van der Waals surface area (Å²) >= 11 is 1.36. The van der Waals surface area contributed by atoms with E-state index >= 15 is 0 Å². The number of fused-ring (bicyclic) bond motifs is 1. The summed E-state index contributed by atoms with van der Waals surface area (Å²) in [4.78, 5) is 34.4. The lowest BCUT2D eigenvalue weighted by molar-refractivity contribution is -0.115. The van der Waals surface area contributed by atoms with Crippen LogP contribution in [0.1, 0.15) is 26.6 Å². The van der Waals surface area contributed by atoms with Crippen LogP contribution in [0.3, 0.4) is 0 Å². The molecule has 5 aromatic rings. The average molecular weight is 484 g/mol. The summed E-state index contributed by atoms with van der Waals surface area (Å²) in [5.41, 5.74) is 4.07. The first-order valence-corrected chi connectivity index (χ1v) is 11.8. The number of pyridine rings is 1. The number of nitrogens with zero attached hydrogens (tertiary/aromatic N) is 2. The molecule has 7 nitrogen and oxygen atoms in total. The van der Waals surface area contributed by atoms with Gasteiger partial charge in [0.2, 0.25) is 5.91 Å². The van der Waals surface area contributed by atoms with Gasteiger partial charge in [0.25, 0.3) is 0 Å². The second-order valence-electron chi connectivity index (χ2n) is 7.95. The molecule has 0 aliphatic heterocycles. The number of thiazole rings is 1. The highest BCUT2D eigenvalue weighted by Gasteiger charge is 2.17. The number of benzene rings is 2. The van der Waals surface area contributed by atoms with Crippen LogP contribution >= 0.6 is 11.3 Å². The van der Waals surface area contributed by atoms with Crippen molar-refractivity contribution in [2.24, 2.45) is 0 Å². The second kappa shape index (κ2) is 9.90. The van der Waals surface area contributed by atoms with Crippen molar-refractivity contribution in [2.75, 3.05) is 5.32 Å². The molecule has 0 spiro atoms. The lowest BCUT2D eigenvalue weighted by Crippen LogP contribution is -2.14. The van der Waals surface area contributed by atoms with Gasteiger partial charge >= 0.3 is 5.97 Å². The fraction of sp³-hybridized carbons (Fsp3) is 0.111. The number of aromatic nitrogens is 2. The topological polar surface area (TPSA) is 94.3 Å². The van der Waals surface area contributed by atoms with E-state index in [-0.39, 0.29) is 18.9 Å². The van der Waals surface area contributed by atoms with Crippen LogP contribution in [0, 0.1) is 6.92 Å². The number of hydrogen-bond acceptors (Lipinski definition) is 7. The van der Waals surface area contributed by atoms with E-state index < -0.39 is 5.97 Å². The van der Waals surface area contributed by atoms with Gasteiger partial charge < -0.3 is 14.5 Å². The number of amides is 1. The molecule has 0 atom stereocenters. The van der Waals surface area contributed by atoms with E-state index in [4.69, 9.17) is 9.15 Å². The Bertz CT molecular complexity index is 1490. The van der Waals surface area contributed by atoms with E-state index in [0.717, 1.165) is 11.3 Å². The zero-order valence-electron chi connectivity index (χ0n) is 18.9. The number of anilines is 1. The molecule has 3 aromatic heterocycles. The quantitative estimate of drug-likeness (QED) is 0.294. The number of carbonyl (C=O) groups excluding carboxylic acids is 2. The monoisotopic (exact) mass is 483 g/mol.